The van der Waals surface area contributed by atoms with Crippen molar-refractivity contribution < 1.29 is 0 Å². The topological polar surface area (TPSA) is 33.1 Å². The summed E-state index contributed by atoms with van der Waals surface area (Å²) in [7, 11) is 2.11. The van der Waals surface area contributed by atoms with E-state index in [4.69, 9.17) is 4.98 Å². The number of hydrogen-bond donors (Lipinski definition) is 1. The molecule has 4 nitrogen and oxygen atoms in total. The van der Waals surface area contributed by atoms with Crippen molar-refractivity contribution in [3.05, 3.63) is 23.8 Å². The van der Waals surface area contributed by atoms with Gasteiger partial charge in [0.2, 0.25) is 5.95 Å². The van der Waals surface area contributed by atoms with Crippen LogP contribution in [0.1, 0.15) is 12.0 Å². The van der Waals surface area contributed by atoms with Gasteiger partial charge in [-0.05, 0) is 31.5 Å². The lowest BCUT2D eigenvalue weighted by Gasteiger charge is -2.20. The summed E-state index contributed by atoms with van der Waals surface area (Å²) in [6, 6.07) is 6.38. The number of rotatable bonds is 1. The molecular formula is C14H20N4. The Morgan fingerprint density at radius 2 is 2.11 bits per heavy atom. The summed E-state index contributed by atoms with van der Waals surface area (Å²) in [6.45, 7) is 6.41. The van der Waals surface area contributed by atoms with Crippen LogP contribution in [0.3, 0.4) is 0 Å². The number of benzene rings is 1. The summed E-state index contributed by atoms with van der Waals surface area (Å²) < 4.78 is 2.22. The van der Waals surface area contributed by atoms with Crippen LogP contribution in [0.5, 0.6) is 0 Å². The zero-order chi connectivity index (χ0) is 12.5. The van der Waals surface area contributed by atoms with E-state index < -0.39 is 0 Å². The smallest absolute Gasteiger partial charge is 0.206 e. The summed E-state index contributed by atoms with van der Waals surface area (Å²) in [4.78, 5) is 7.23. The van der Waals surface area contributed by atoms with Gasteiger partial charge in [-0.3, -0.25) is 0 Å². The first-order valence-corrected chi connectivity index (χ1v) is 6.65. The van der Waals surface area contributed by atoms with Gasteiger partial charge in [-0.15, -0.1) is 0 Å². The predicted molar refractivity (Wildman–Crippen MR) is 75.2 cm³/mol. The molecule has 96 valence electrons. The van der Waals surface area contributed by atoms with E-state index in [1.165, 1.54) is 17.5 Å². The van der Waals surface area contributed by atoms with Crippen molar-refractivity contribution >= 4 is 17.0 Å². The Morgan fingerprint density at radius 1 is 1.22 bits per heavy atom. The molecule has 4 heteroatoms. The van der Waals surface area contributed by atoms with Crippen LogP contribution < -0.4 is 10.2 Å². The molecule has 2 heterocycles. The fraction of sp³-hybridized carbons (Fsp3) is 0.500. The van der Waals surface area contributed by atoms with Crippen LogP contribution in [0.15, 0.2) is 18.2 Å². The molecule has 1 N–H and O–H groups in total. The van der Waals surface area contributed by atoms with Gasteiger partial charge < -0.3 is 14.8 Å². The fourth-order valence-electron chi connectivity index (χ4n) is 2.67. The maximum absolute atomic E-state index is 4.84. The number of fused-ring (bicyclic) bond motifs is 1. The number of nitrogens with one attached hydrogen (secondary N) is 1. The van der Waals surface area contributed by atoms with E-state index in [1.807, 2.05) is 0 Å². The minimum atomic E-state index is 1.04. The van der Waals surface area contributed by atoms with Gasteiger partial charge in [0.15, 0.2) is 0 Å². The highest BCUT2D eigenvalue weighted by Gasteiger charge is 2.16. The minimum Gasteiger partial charge on any atom is -0.341 e. The zero-order valence-corrected chi connectivity index (χ0v) is 11.1. The van der Waals surface area contributed by atoms with Crippen LogP contribution in [0.2, 0.25) is 0 Å². The van der Waals surface area contributed by atoms with Crippen molar-refractivity contribution in [3.63, 3.8) is 0 Å². The Hall–Kier alpha value is -1.55. The van der Waals surface area contributed by atoms with Gasteiger partial charge in [-0.1, -0.05) is 12.1 Å². The molecule has 0 unspecified atom stereocenters. The largest absolute Gasteiger partial charge is 0.341 e. The predicted octanol–water partition coefficient (Wildman–Crippen LogP) is 1.68. The van der Waals surface area contributed by atoms with Crippen LogP contribution in [-0.4, -0.2) is 35.7 Å². The maximum Gasteiger partial charge on any atom is 0.206 e. The van der Waals surface area contributed by atoms with Gasteiger partial charge in [0.25, 0.3) is 0 Å². The number of imidazole rings is 1. The van der Waals surface area contributed by atoms with Gasteiger partial charge in [0.05, 0.1) is 11.0 Å². The highest BCUT2D eigenvalue weighted by molar-refractivity contribution is 5.81. The maximum atomic E-state index is 4.84. The van der Waals surface area contributed by atoms with Crippen molar-refractivity contribution in [2.24, 2.45) is 7.05 Å². The lowest BCUT2D eigenvalue weighted by Crippen LogP contribution is -2.29. The Balaban J connectivity index is 2.06. The molecule has 0 bridgehead atoms. The lowest BCUT2D eigenvalue weighted by molar-refractivity contribution is 0.724. The molecule has 18 heavy (non-hydrogen) atoms. The summed E-state index contributed by atoms with van der Waals surface area (Å²) in [5, 5.41) is 3.43. The fourth-order valence-corrected chi connectivity index (χ4v) is 2.67. The highest BCUT2D eigenvalue weighted by Crippen LogP contribution is 2.23. The summed E-state index contributed by atoms with van der Waals surface area (Å²) in [6.07, 6.45) is 1.18. The quantitative estimate of drug-likeness (QED) is 0.828. The third kappa shape index (κ3) is 1.86. The number of para-hydroxylation sites is 1. The molecule has 1 saturated heterocycles. The van der Waals surface area contributed by atoms with Gasteiger partial charge in [0, 0.05) is 26.7 Å². The third-order valence-corrected chi connectivity index (χ3v) is 3.71. The van der Waals surface area contributed by atoms with E-state index in [0.29, 0.717) is 0 Å². The Kier molecular flexibility index (Phi) is 2.96. The highest BCUT2D eigenvalue weighted by atomic mass is 15.3. The van der Waals surface area contributed by atoms with Crippen molar-refractivity contribution in [2.45, 2.75) is 13.3 Å². The van der Waals surface area contributed by atoms with Crippen LogP contribution in [0, 0.1) is 6.92 Å². The molecule has 0 amide bonds. The van der Waals surface area contributed by atoms with Crippen molar-refractivity contribution in [1.29, 1.82) is 0 Å². The van der Waals surface area contributed by atoms with E-state index in [2.05, 4.69) is 47.0 Å². The third-order valence-electron chi connectivity index (χ3n) is 3.71. The Morgan fingerprint density at radius 3 is 2.94 bits per heavy atom. The van der Waals surface area contributed by atoms with Crippen LogP contribution >= 0.6 is 0 Å². The zero-order valence-electron chi connectivity index (χ0n) is 11.1. The number of anilines is 1. The molecule has 1 fully saturated rings. The second-order valence-electron chi connectivity index (χ2n) is 5.00. The second-order valence-corrected chi connectivity index (χ2v) is 5.00. The molecule has 1 aliphatic heterocycles. The van der Waals surface area contributed by atoms with E-state index in [-0.39, 0.29) is 0 Å². The average Bonchev–Trinajstić information content (AvgIpc) is 2.57. The SMILES string of the molecule is Cc1cccc2c1nc(N1CCCNCC1)n2C. The molecular weight excluding hydrogens is 224 g/mol. The normalized spacial score (nSPS) is 17.1. The van der Waals surface area contributed by atoms with Gasteiger partial charge in [-0.2, -0.15) is 0 Å². The number of hydrogen-bond acceptors (Lipinski definition) is 3. The first-order chi connectivity index (χ1) is 8.77. The van der Waals surface area contributed by atoms with Gasteiger partial charge in [0.1, 0.15) is 0 Å². The molecule has 1 aromatic heterocycles. The first-order valence-electron chi connectivity index (χ1n) is 6.65. The Labute approximate surface area is 108 Å². The van der Waals surface area contributed by atoms with E-state index in [0.717, 1.165) is 37.6 Å². The number of aryl methyl sites for hydroxylation is 2. The monoisotopic (exact) mass is 244 g/mol. The molecule has 2 aromatic rings. The van der Waals surface area contributed by atoms with Crippen LogP contribution in [0.4, 0.5) is 5.95 Å². The van der Waals surface area contributed by atoms with Crippen LogP contribution in [-0.2, 0) is 7.05 Å². The van der Waals surface area contributed by atoms with Crippen molar-refractivity contribution in [1.82, 2.24) is 14.9 Å². The van der Waals surface area contributed by atoms with E-state index >= 15 is 0 Å². The molecule has 0 saturated carbocycles. The molecule has 1 aliphatic rings. The lowest BCUT2D eigenvalue weighted by atomic mass is 10.2. The van der Waals surface area contributed by atoms with Crippen LogP contribution in [0.25, 0.3) is 11.0 Å². The molecule has 0 spiro atoms. The molecule has 0 aliphatic carbocycles. The average molecular weight is 244 g/mol. The summed E-state index contributed by atoms with van der Waals surface area (Å²) in [5.41, 5.74) is 3.61. The molecule has 0 atom stereocenters. The van der Waals surface area contributed by atoms with Gasteiger partial charge >= 0.3 is 0 Å². The minimum absolute atomic E-state index is 1.04. The Bertz CT molecular complexity index is 550. The number of aromatic nitrogens is 2. The second kappa shape index (κ2) is 4.61. The van der Waals surface area contributed by atoms with E-state index in [9.17, 15) is 0 Å². The molecule has 0 radical (unpaired) electrons. The standard InChI is InChI=1S/C14H20N4/c1-11-5-3-6-12-13(11)16-14(17(12)2)18-9-4-7-15-8-10-18/h3,5-6,15H,4,7-10H2,1-2H3. The number of nitrogens with zero attached hydrogens (tertiary/aromatic N) is 3. The van der Waals surface area contributed by atoms with Crippen molar-refractivity contribution in [2.75, 3.05) is 31.1 Å². The summed E-state index contributed by atoms with van der Waals surface area (Å²) in [5.74, 6) is 1.10. The summed E-state index contributed by atoms with van der Waals surface area (Å²) >= 11 is 0. The van der Waals surface area contributed by atoms with Crippen molar-refractivity contribution in [3.8, 4) is 0 Å². The van der Waals surface area contributed by atoms with Gasteiger partial charge in [-0.25, -0.2) is 4.98 Å². The molecule has 3 rings (SSSR count). The molecule has 1 aromatic carbocycles. The first kappa shape index (κ1) is 11.5. The van der Waals surface area contributed by atoms with E-state index in [1.54, 1.807) is 0 Å².